The standard InChI is InChI=1S/C12F24O4/c13-1(37)2(14,6(19,20)21)38-11(33,34)4(17,8(25,26)27)40-12(35,36)5(18,9(28,29)30)39-10(31,32)3(15,16)7(22,23)24/t2-,4+,5+/m0/s1. The fourth-order valence-corrected chi connectivity index (χ4v) is 1.66. The molecule has 4 nitrogen and oxygen atoms in total. The summed E-state index contributed by atoms with van der Waals surface area (Å²) < 4.78 is 311. The molecule has 0 amide bonds. The van der Waals surface area contributed by atoms with E-state index in [1.165, 1.54) is 4.74 Å². The van der Waals surface area contributed by atoms with Crippen LogP contribution in [0.5, 0.6) is 0 Å². The molecule has 40 heavy (non-hydrogen) atoms. The van der Waals surface area contributed by atoms with Gasteiger partial charge >= 0.3 is 72.6 Å². The smallest absolute Gasteiger partial charge is 0.263 e. The van der Waals surface area contributed by atoms with E-state index in [0.717, 1.165) is 9.47 Å². The Bertz CT molecular complexity index is 928. The molecule has 0 radical (unpaired) electrons. The van der Waals surface area contributed by atoms with Crippen LogP contribution in [-0.2, 0) is 19.0 Å². The van der Waals surface area contributed by atoms with Gasteiger partial charge in [0.05, 0.1) is 0 Å². The zero-order valence-electron chi connectivity index (χ0n) is 16.7. The molecule has 0 aliphatic rings. The van der Waals surface area contributed by atoms with Crippen molar-refractivity contribution in [2.75, 3.05) is 0 Å². The van der Waals surface area contributed by atoms with Gasteiger partial charge in [-0.25, -0.2) is 0 Å². The van der Waals surface area contributed by atoms with E-state index in [9.17, 15) is 110 Å². The summed E-state index contributed by atoms with van der Waals surface area (Å²) in [5, 5.41) is 0. The lowest BCUT2D eigenvalue weighted by atomic mass is 10.2. The second-order valence-corrected chi connectivity index (χ2v) is 6.48. The van der Waals surface area contributed by atoms with E-state index in [1.807, 2.05) is 0 Å². The van der Waals surface area contributed by atoms with E-state index in [1.54, 1.807) is 0 Å². The van der Waals surface area contributed by atoms with E-state index >= 15 is 0 Å². The van der Waals surface area contributed by atoms with E-state index in [-0.39, 0.29) is 0 Å². The number of rotatable bonds is 10. The minimum Gasteiger partial charge on any atom is -0.263 e. The summed E-state index contributed by atoms with van der Waals surface area (Å²) in [7, 11) is 0. The van der Waals surface area contributed by atoms with Gasteiger partial charge in [0.1, 0.15) is 0 Å². The molecule has 0 fully saturated rings. The molecule has 0 bridgehead atoms. The molecule has 0 unspecified atom stereocenters. The molecule has 240 valence electrons. The maximum atomic E-state index is 14.0. The van der Waals surface area contributed by atoms with Crippen LogP contribution in [0.25, 0.3) is 0 Å². The molecule has 0 saturated carbocycles. The molecule has 0 rings (SSSR count). The first kappa shape index (κ1) is 37.9. The van der Waals surface area contributed by atoms with Crippen LogP contribution in [0, 0.1) is 0 Å². The van der Waals surface area contributed by atoms with Crippen LogP contribution in [0.2, 0.25) is 0 Å². The van der Waals surface area contributed by atoms with Gasteiger partial charge in [0.2, 0.25) is 0 Å². The van der Waals surface area contributed by atoms with Gasteiger partial charge in [-0.3, -0.25) is 19.0 Å². The first-order chi connectivity index (χ1) is 16.8. The van der Waals surface area contributed by atoms with Gasteiger partial charge in [0.25, 0.3) is 0 Å². The molecule has 0 aromatic heterocycles. The predicted octanol–water partition coefficient (Wildman–Crippen LogP) is 7.19. The van der Waals surface area contributed by atoms with Crippen molar-refractivity contribution in [3.8, 4) is 0 Å². The second kappa shape index (κ2) is 9.72. The number of hydrogen-bond acceptors (Lipinski definition) is 4. The summed E-state index contributed by atoms with van der Waals surface area (Å²) in [5.41, 5.74) is 0. The van der Waals surface area contributed by atoms with E-state index in [0.29, 0.717) is 0 Å². The van der Waals surface area contributed by atoms with Gasteiger partial charge in [0, 0.05) is 0 Å². The fraction of sp³-hybridized carbons (Fsp3) is 0.917. The molecule has 0 aliphatic heterocycles. The summed E-state index contributed by atoms with van der Waals surface area (Å²) in [4.78, 5) is 9.99. The summed E-state index contributed by atoms with van der Waals surface area (Å²) >= 11 is 0. The lowest BCUT2D eigenvalue weighted by Crippen LogP contribution is -2.70. The molecular formula is C12F24O4. The maximum absolute atomic E-state index is 14.0. The van der Waals surface area contributed by atoms with Crippen LogP contribution >= 0.6 is 0 Å². The highest BCUT2D eigenvalue weighted by molar-refractivity contribution is 5.77. The monoisotopic (exact) mass is 664 g/mol. The summed E-state index contributed by atoms with van der Waals surface area (Å²) in [6.45, 7) is 0. The Morgan fingerprint density at radius 1 is 0.375 bits per heavy atom. The Kier molecular flexibility index (Phi) is 9.20. The van der Waals surface area contributed by atoms with Gasteiger partial charge in [-0.15, -0.1) is 0 Å². The molecule has 0 aromatic carbocycles. The molecule has 0 N–H and O–H groups in total. The van der Waals surface area contributed by atoms with Gasteiger partial charge in [-0.05, 0) is 0 Å². The molecule has 0 saturated heterocycles. The van der Waals surface area contributed by atoms with Crippen LogP contribution in [0.4, 0.5) is 105 Å². The third kappa shape index (κ3) is 6.06. The highest BCUT2D eigenvalue weighted by Crippen LogP contribution is 2.59. The summed E-state index contributed by atoms with van der Waals surface area (Å²) in [5.74, 6) is -33.2. The van der Waals surface area contributed by atoms with Crippen molar-refractivity contribution in [1.29, 1.82) is 0 Å². The number of hydrogen-bond donors (Lipinski definition) is 0. The Morgan fingerprint density at radius 2 is 0.650 bits per heavy atom. The summed E-state index contributed by atoms with van der Waals surface area (Å²) in [6, 6.07) is -5.02. The van der Waals surface area contributed by atoms with Crippen molar-refractivity contribution in [3.05, 3.63) is 0 Å². The first-order valence-corrected chi connectivity index (χ1v) is 7.96. The fourth-order valence-electron chi connectivity index (χ4n) is 1.66. The number of carbonyl (C=O) groups is 1. The third-order valence-corrected chi connectivity index (χ3v) is 3.62. The van der Waals surface area contributed by atoms with Gasteiger partial charge in [0.15, 0.2) is 0 Å². The van der Waals surface area contributed by atoms with E-state index in [2.05, 4.69) is 0 Å². The Hall–Kier alpha value is -2.13. The molecular weight excluding hydrogens is 664 g/mol. The number of alkyl halides is 23. The number of carbonyl (C=O) groups excluding carboxylic acids is 1. The van der Waals surface area contributed by atoms with Crippen LogP contribution in [0.1, 0.15) is 0 Å². The average molecular weight is 664 g/mol. The molecule has 3 atom stereocenters. The van der Waals surface area contributed by atoms with Crippen LogP contribution in [-0.4, -0.2) is 72.6 Å². The highest BCUT2D eigenvalue weighted by Gasteiger charge is 2.88. The van der Waals surface area contributed by atoms with Crippen molar-refractivity contribution in [1.82, 2.24) is 0 Å². The average Bonchev–Trinajstić information content (AvgIpc) is 2.62. The Labute approximate surface area is 198 Å². The molecule has 0 spiro atoms. The zero-order chi connectivity index (χ0) is 33.2. The van der Waals surface area contributed by atoms with Crippen molar-refractivity contribution in [2.24, 2.45) is 0 Å². The summed E-state index contributed by atoms with van der Waals surface area (Å²) in [6.07, 6.45) is -58.2. The lowest BCUT2D eigenvalue weighted by molar-refractivity contribution is -0.577. The SMILES string of the molecule is O=C(F)[C@](F)(OC(F)(F)[C@](F)(OC(F)(F)[C@](F)(OC(F)(F)C(F)(F)C(F)(F)F)C(F)(F)F)C(F)(F)F)C(F)(F)F. The zero-order valence-corrected chi connectivity index (χ0v) is 16.7. The molecule has 28 heteroatoms. The van der Waals surface area contributed by atoms with Crippen LogP contribution < -0.4 is 0 Å². The van der Waals surface area contributed by atoms with Gasteiger partial charge in [-0.2, -0.15) is 105 Å². The van der Waals surface area contributed by atoms with Crippen LogP contribution in [0.15, 0.2) is 0 Å². The first-order valence-electron chi connectivity index (χ1n) is 7.96. The molecule has 0 heterocycles. The van der Waals surface area contributed by atoms with Crippen LogP contribution in [0.3, 0.4) is 0 Å². The van der Waals surface area contributed by atoms with Crippen molar-refractivity contribution in [2.45, 2.75) is 66.5 Å². The Morgan fingerprint density at radius 3 is 0.875 bits per heavy atom. The molecule has 0 aliphatic carbocycles. The third-order valence-electron chi connectivity index (χ3n) is 3.62. The lowest BCUT2D eigenvalue weighted by Gasteiger charge is -2.42. The second-order valence-electron chi connectivity index (χ2n) is 6.48. The van der Waals surface area contributed by atoms with Crippen molar-refractivity contribution in [3.63, 3.8) is 0 Å². The predicted molar refractivity (Wildman–Crippen MR) is 64.9 cm³/mol. The van der Waals surface area contributed by atoms with Crippen molar-refractivity contribution >= 4 is 6.04 Å². The number of halogens is 24. The van der Waals surface area contributed by atoms with Crippen molar-refractivity contribution < 1.29 is 124 Å². The minimum absolute atomic E-state index is 0.953. The maximum Gasteiger partial charge on any atom is 0.462 e. The van der Waals surface area contributed by atoms with E-state index < -0.39 is 72.6 Å². The number of ether oxygens (including phenoxy) is 3. The van der Waals surface area contributed by atoms with Gasteiger partial charge < -0.3 is 0 Å². The minimum atomic E-state index is -8.80. The quantitative estimate of drug-likeness (QED) is 0.183. The Balaban J connectivity index is 7.24. The van der Waals surface area contributed by atoms with E-state index in [4.69, 9.17) is 0 Å². The van der Waals surface area contributed by atoms with Gasteiger partial charge in [-0.1, -0.05) is 0 Å². The normalized spacial score (nSPS) is 20.0. The topological polar surface area (TPSA) is 44.8 Å². The largest absolute Gasteiger partial charge is 0.462 e. The molecule has 0 aromatic rings. The highest BCUT2D eigenvalue weighted by atomic mass is 19.4.